The van der Waals surface area contributed by atoms with Crippen molar-refractivity contribution in [2.75, 3.05) is 0 Å². The fraction of sp³-hybridized carbons (Fsp3) is 0.364. The predicted octanol–water partition coefficient (Wildman–Crippen LogP) is 3.80. The van der Waals surface area contributed by atoms with Gasteiger partial charge in [0, 0.05) is 25.9 Å². The molecule has 2 aromatic carbocycles. The Labute approximate surface area is 156 Å². The molecule has 2 rings (SSSR count). The van der Waals surface area contributed by atoms with Gasteiger partial charge >= 0.3 is 0 Å². The summed E-state index contributed by atoms with van der Waals surface area (Å²) in [6, 6.07) is 16.2. The molecule has 0 aliphatic carbocycles. The Kier molecular flexibility index (Phi) is 7.87. The van der Waals surface area contributed by atoms with Gasteiger partial charge in [-0.15, -0.1) is 0 Å². The maximum atomic E-state index is 11.9. The van der Waals surface area contributed by atoms with Gasteiger partial charge in [0.05, 0.1) is 0 Å². The van der Waals surface area contributed by atoms with Crippen molar-refractivity contribution in [3.8, 4) is 0 Å². The number of hydrogen-bond donors (Lipinski definition) is 2. The maximum absolute atomic E-state index is 11.9. The molecule has 0 saturated heterocycles. The van der Waals surface area contributed by atoms with Crippen molar-refractivity contribution in [2.45, 2.75) is 52.6 Å². The summed E-state index contributed by atoms with van der Waals surface area (Å²) in [4.78, 5) is 23.8. The lowest BCUT2D eigenvalue weighted by molar-refractivity contribution is -0.123. The summed E-state index contributed by atoms with van der Waals surface area (Å²) in [5, 5.41) is 5.85. The van der Waals surface area contributed by atoms with Crippen LogP contribution in [0.25, 0.3) is 0 Å². The van der Waals surface area contributed by atoms with Gasteiger partial charge in [0.15, 0.2) is 0 Å². The summed E-state index contributed by atoms with van der Waals surface area (Å²) >= 11 is 0. The first-order valence-electron chi connectivity index (χ1n) is 9.17. The van der Waals surface area contributed by atoms with Gasteiger partial charge in [0.25, 0.3) is 0 Å². The fourth-order valence-electron chi connectivity index (χ4n) is 2.79. The number of carbonyl (C=O) groups excluding carboxylic acids is 2. The zero-order valence-corrected chi connectivity index (χ0v) is 15.7. The van der Waals surface area contributed by atoms with Crippen LogP contribution >= 0.6 is 0 Å². The van der Waals surface area contributed by atoms with Crippen LogP contribution < -0.4 is 10.6 Å². The summed E-state index contributed by atoms with van der Waals surface area (Å²) in [7, 11) is 0. The highest BCUT2D eigenvalue weighted by Crippen LogP contribution is 2.06. The van der Waals surface area contributed by atoms with Crippen molar-refractivity contribution in [1.29, 1.82) is 0 Å². The molecule has 0 spiro atoms. The van der Waals surface area contributed by atoms with Crippen LogP contribution in [0.15, 0.2) is 48.5 Å². The molecule has 0 atom stereocenters. The first-order valence-corrected chi connectivity index (χ1v) is 9.17. The molecule has 26 heavy (non-hydrogen) atoms. The molecule has 0 fully saturated rings. The molecule has 2 amide bonds. The van der Waals surface area contributed by atoms with Crippen LogP contribution in [0.5, 0.6) is 0 Å². The molecule has 2 N–H and O–H groups in total. The second kappa shape index (κ2) is 10.4. The van der Waals surface area contributed by atoms with E-state index in [4.69, 9.17) is 0 Å². The van der Waals surface area contributed by atoms with Crippen LogP contribution in [0.2, 0.25) is 0 Å². The lowest BCUT2D eigenvalue weighted by atomic mass is 10.1. The Morgan fingerprint density at radius 3 is 1.54 bits per heavy atom. The van der Waals surface area contributed by atoms with E-state index >= 15 is 0 Å². The third kappa shape index (κ3) is 7.51. The average molecular weight is 352 g/mol. The Morgan fingerprint density at radius 2 is 1.15 bits per heavy atom. The lowest BCUT2D eigenvalue weighted by Gasteiger charge is -2.07. The van der Waals surface area contributed by atoms with E-state index in [1.165, 1.54) is 11.1 Å². The van der Waals surface area contributed by atoms with Gasteiger partial charge in [-0.25, -0.2) is 0 Å². The maximum Gasteiger partial charge on any atom is 0.220 e. The van der Waals surface area contributed by atoms with E-state index in [9.17, 15) is 9.59 Å². The first-order chi connectivity index (χ1) is 12.5. The van der Waals surface area contributed by atoms with E-state index in [1.807, 2.05) is 50.2 Å². The number of carbonyl (C=O) groups is 2. The molecule has 0 aliphatic heterocycles. The topological polar surface area (TPSA) is 58.2 Å². The molecule has 0 aromatic heterocycles. The van der Waals surface area contributed by atoms with Crippen molar-refractivity contribution in [3.63, 3.8) is 0 Å². The number of aryl methyl sites for hydroxylation is 2. The SMILES string of the molecule is Cc1cccc(CNC(=O)CCCCC(=O)NCc2cccc(C)c2)c1. The summed E-state index contributed by atoms with van der Waals surface area (Å²) in [5.41, 5.74) is 4.59. The van der Waals surface area contributed by atoms with Gasteiger partial charge in [-0.05, 0) is 37.8 Å². The molecule has 138 valence electrons. The minimum atomic E-state index is 0.0340. The molecule has 2 aromatic rings. The molecule has 0 unspecified atom stereocenters. The third-order valence-electron chi connectivity index (χ3n) is 4.20. The van der Waals surface area contributed by atoms with Gasteiger partial charge in [-0.1, -0.05) is 59.7 Å². The quantitative estimate of drug-likeness (QED) is 0.675. The molecule has 4 nitrogen and oxygen atoms in total. The van der Waals surface area contributed by atoms with Gasteiger partial charge in [-0.2, -0.15) is 0 Å². The molecule has 0 radical (unpaired) electrons. The predicted molar refractivity (Wildman–Crippen MR) is 105 cm³/mol. The van der Waals surface area contributed by atoms with Crippen LogP contribution in [0, 0.1) is 13.8 Å². The Bertz CT molecular complexity index is 677. The summed E-state index contributed by atoms with van der Waals surface area (Å²) < 4.78 is 0. The van der Waals surface area contributed by atoms with Crippen molar-refractivity contribution >= 4 is 11.8 Å². The normalized spacial score (nSPS) is 10.4. The molecule has 0 saturated carbocycles. The zero-order chi connectivity index (χ0) is 18.8. The molecule has 0 aliphatic rings. The summed E-state index contributed by atoms with van der Waals surface area (Å²) in [6.07, 6.45) is 2.35. The van der Waals surface area contributed by atoms with Gasteiger partial charge in [-0.3, -0.25) is 9.59 Å². The highest BCUT2D eigenvalue weighted by atomic mass is 16.2. The van der Waals surface area contributed by atoms with E-state index in [0.717, 1.165) is 24.0 Å². The van der Waals surface area contributed by atoms with Crippen LogP contribution in [-0.2, 0) is 22.7 Å². The minimum absolute atomic E-state index is 0.0340. The van der Waals surface area contributed by atoms with Crippen molar-refractivity contribution in [1.82, 2.24) is 10.6 Å². The van der Waals surface area contributed by atoms with Crippen molar-refractivity contribution < 1.29 is 9.59 Å². The van der Waals surface area contributed by atoms with Gasteiger partial charge in [0.1, 0.15) is 0 Å². The van der Waals surface area contributed by atoms with E-state index in [1.54, 1.807) is 0 Å². The van der Waals surface area contributed by atoms with Gasteiger partial charge in [0.2, 0.25) is 11.8 Å². The van der Waals surface area contributed by atoms with Crippen LogP contribution in [-0.4, -0.2) is 11.8 Å². The number of nitrogens with one attached hydrogen (secondary N) is 2. The van der Waals surface area contributed by atoms with E-state index < -0.39 is 0 Å². The largest absolute Gasteiger partial charge is 0.352 e. The number of benzene rings is 2. The van der Waals surface area contributed by atoms with Crippen molar-refractivity contribution in [2.24, 2.45) is 0 Å². The molecule has 0 heterocycles. The van der Waals surface area contributed by atoms with Crippen LogP contribution in [0.4, 0.5) is 0 Å². The molecule has 4 heteroatoms. The molecular formula is C22H28N2O2. The van der Waals surface area contributed by atoms with E-state index in [0.29, 0.717) is 25.9 Å². The summed E-state index contributed by atoms with van der Waals surface area (Å²) in [6.45, 7) is 5.18. The fourth-order valence-corrected chi connectivity index (χ4v) is 2.79. The van der Waals surface area contributed by atoms with Crippen LogP contribution in [0.1, 0.15) is 47.9 Å². The van der Waals surface area contributed by atoms with E-state index in [-0.39, 0.29) is 11.8 Å². The standard InChI is InChI=1S/C22H28N2O2/c1-17-7-5-9-19(13-17)15-23-21(25)11-3-4-12-22(26)24-16-20-10-6-8-18(2)14-20/h5-10,13-14H,3-4,11-12,15-16H2,1-2H3,(H,23,25)(H,24,26). The third-order valence-corrected chi connectivity index (χ3v) is 4.20. The second-order valence-electron chi connectivity index (χ2n) is 6.74. The Hall–Kier alpha value is -2.62. The lowest BCUT2D eigenvalue weighted by Crippen LogP contribution is -2.23. The van der Waals surface area contributed by atoms with Crippen molar-refractivity contribution in [3.05, 3.63) is 70.8 Å². The highest BCUT2D eigenvalue weighted by molar-refractivity contribution is 5.77. The summed E-state index contributed by atoms with van der Waals surface area (Å²) in [5.74, 6) is 0.0679. The number of amides is 2. The van der Waals surface area contributed by atoms with Crippen LogP contribution in [0.3, 0.4) is 0 Å². The van der Waals surface area contributed by atoms with E-state index in [2.05, 4.69) is 22.8 Å². The first kappa shape index (κ1) is 19.7. The number of unbranched alkanes of at least 4 members (excludes halogenated alkanes) is 1. The minimum Gasteiger partial charge on any atom is -0.352 e. The monoisotopic (exact) mass is 352 g/mol. The van der Waals surface area contributed by atoms with Gasteiger partial charge < -0.3 is 10.6 Å². The Morgan fingerprint density at radius 1 is 0.731 bits per heavy atom. The highest BCUT2D eigenvalue weighted by Gasteiger charge is 2.05. The second-order valence-corrected chi connectivity index (χ2v) is 6.74. The number of rotatable bonds is 9. The average Bonchev–Trinajstić information content (AvgIpc) is 2.62. The zero-order valence-electron chi connectivity index (χ0n) is 15.7. The molecule has 0 bridgehead atoms. The molecular weight excluding hydrogens is 324 g/mol. The number of hydrogen-bond acceptors (Lipinski definition) is 2. The Balaban J connectivity index is 1.56. The smallest absolute Gasteiger partial charge is 0.220 e.